The van der Waals surface area contributed by atoms with Crippen LogP contribution in [0.15, 0.2) is 48.7 Å². The number of aryl methyl sites for hydroxylation is 1. The molecule has 0 bridgehead atoms. The van der Waals surface area contributed by atoms with Gasteiger partial charge in [0.05, 0.1) is 13.2 Å². The number of aromatic nitrogens is 1. The first-order valence-electron chi connectivity index (χ1n) is 10.2. The zero-order chi connectivity index (χ0) is 20.6. The molecule has 1 heterocycles. The van der Waals surface area contributed by atoms with E-state index in [1.165, 1.54) is 10.9 Å². The summed E-state index contributed by atoms with van der Waals surface area (Å²) in [6, 6.07) is 14.4. The van der Waals surface area contributed by atoms with Gasteiger partial charge in [0.2, 0.25) is 5.91 Å². The lowest BCUT2D eigenvalue weighted by Crippen LogP contribution is -2.28. The Labute approximate surface area is 172 Å². The number of methoxy groups -OCH3 is 1. The van der Waals surface area contributed by atoms with Crippen molar-refractivity contribution in [3.63, 3.8) is 0 Å². The molecule has 0 radical (unpaired) electrons. The minimum absolute atomic E-state index is 0.0157. The minimum atomic E-state index is -0.0472. The minimum Gasteiger partial charge on any atom is -0.494 e. The van der Waals surface area contributed by atoms with Gasteiger partial charge in [-0.2, -0.15) is 0 Å². The van der Waals surface area contributed by atoms with Crippen molar-refractivity contribution < 1.29 is 14.3 Å². The van der Waals surface area contributed by atoms with E-state index in [4.69, 9.17) is 9.47 Å². The highest BCUT2D eigenvalue weighted by Gasteiger charge is 2.22. The Kier molecular flexibility index (Phi) is 7.30. The molecule has 0 spiro atoms. The van der Waals surface area contributed by atoms with Gasteiger partial charge in [0, 0.05) is 43.1 Å². The van der Waals surface area contributed by atoms with Crippen molar-refractivity contribution in [2.75, 3.05) is 26.9 Å². The summed E-state index contributed by atoms with van der Waals surface area (Å²) < 4.78 is 10.6. The predicted molar refractivity (Wildman–Crippen MR) is 117 cm³/mol. The molecule has 154 valence electrons. The molecule has 0 unspecified atom stereocenters. The Morgan fingerprint density at radius 1 is 1.14 bits per heavy atom. The van der Waals surface area contributed by atoms with Crippen molar-refractivity contribution in [1.82, 2.24) is 10.3 Å². The van der Waals surface area contributed by atoms with Gasteiger partial charge in [-0.05, 0) is 42.2 Å². The van der Waals surface area contributed by atoms with Gasteiger partial charge in [-0.1, -0.05) is 37.3 Å². The maximum atomic E-state index is 12.6. The largest absolute Gasteiger partial charge is 0.494 e. The highest BCUT2D eigenvalue weighted by atomic mass is 16.5. The molecular formula is C24H30N2O3. The topological polar surface area (TPSA) is 63.4 Å². The standard InChI is InChI=1S/C24H30N2O3/c1-4-17-7-6-8-20-22(16-26-24(17)20)21(15-23(27)25-13-14-28-3)18-9-11-19(12-10-18)29-5-2/h6-12,16,21,26H,4-5,13-15H2,1-3H3,(H,25,27)/t21-/m1/s1. The smallest absolute Gasteiger partial charge is 0.221 e. The van der Waals surface area contributed by atoms with E-state index >= 15 is 0 Å². The lowest BCUT2D eigenvalue weighted by Gasteiger charge is -2.18. The molecule has 3 rings (SSSR count). The van der Waals surface area contributed by atoms with Crippen molar-refractivity contribution >= 4 is 16.8 Å². The number of rotatable bonds is 10. The summed E-state index contributed by atoms with van der Waals surface area (Å²) in [4.78, 5) is 16.1. The van der Waals surface area contributed by atoms with E-state index in [1.807, 2.05) is 25.3 Å². The van der Waals surface area contributed by atoms with Crippen LogP contribution in [0.2, 0.25) is 0 Å². The third-order valence-corrected chi connectivity index (χ3v) is 5.20. The van der Waals surface area contributed by atoms with Gasteiger partial charge < -0.3 is 19.8 Å². The molecule has 2 aromatic carbocycles. The van der Waals surface area contributed by atoms with E-state index < -0.39 is 0 Å². The van der Waals surface area contributed by atoms with E-state index in [1.54, 1.807) is 7.11 Å². The molecule has 1 atom stereocenters. The van der Waals surface area contributed by atoms with Crippen molar-refractivity contribution in [3.05, 3.63) is 65.4 Å². The van der Waals surface area contributed by atoms with Gasteiger partial charge in [-0.15, -0.1) is 0 Å². The quantitative estimate of drug-likeness (QED) is 0.501. The highest BCUT2D eigenvalue weighted by Crippen LogP contribution is 2.35. The fraction of sp³-hybridized carbons (Fsp3) is 0.375. The normalized spacial score (nSPS) is 12.1. The second kappa shape index (κ2) is 10.1. The van der Waals surface area contributed by atoms with Crippen LogP contribution >= 0.6 is 0 Å². The number of ether oxygens (including phenoxy) is 2. The molecule has 0 aliphatic carbocycles. The number of fused-ring (bicyclic) bond motifs is 1. The number of aromatic amines is 1. The van der Waals surface area contributed by atoms with E-state index in [-0.39, 0.29) is 11.8 Å². The van der Waals surface area contributed by atoms with Crippen LogP contribution in [0.5, 0.6) is 5.75 Å². The highest BCUT2D eigenvalue weighted by molar-refractivity contribution is 5.88. The first-order chi connectivity index (χ1) is 14.2. The molecule has 0 fully saturated rings. The van der Waals surface area contributed by atoms with E-state index in [2.05, 4.69) is 47.6 Å². The Hall–Kier alpha value is -2.79. The molecule has 2 N–H and O–H groups in total. The molecule has 1 amide bonds. The summed E-state index contributed by atoms with van der Waals surface area (Å²) in [6.07, 6.45) is 3.39. The molecule has 0 aliphatic heterocycles. The number of amides is 1. The monoisotopic (exact) mass is 394 g/mol. The Bertz CT molecular complexity index is 931. The van der Waals surface area contributed by atoms with E-state index in [9.17, 15) is 4.79 Å². The van der Waals surface area contributed by atoms with Gasteiger partial charge in [-0.3, -0.25) is 4.79 Å². The van der Waals surface area contributed by atoms with Gasteiger partial charge in [0.1, 0.15) is 5.75 Å². The van der Waals surface area contributed by atoms with Crippen LogP contribution in [0.1, 0.15) is 42.9 Å². The number of hydrogen-bond donors (Lipinski definition) is 2. The zero-order valence-corrected chi connectivity index (χ0v) is 17.5. The zero-order valence-electron chi connectivity index (χ0n) is 17.5. The number of nitrogens with one attached hydrogen (secondary N) is 2. The van der Waals surface area contributed by atoms with Gasteiger partial charge in [-0.25, -0.2) is 0 Å². The van der Waals surface area contributed by atoms with Crippen LogP contribution in [-0.4, -0.2) is 37.8 Å². The third-order valence-electron chi connectivity index (χ3n) is 5.20. The van der Waals surface area contributed by atoms with E-state index in [0.29, 0.717) is 26.2 Å². The summed E-state index contributed by atoms with van der Waals surface area (Å²) in [5, 5.41) is 4.12. The molecule has 29 heavy (non-hydrogen) atoms. The summed E-state index contributed by atoms with van der Waals surface area (Å²) in [6.45, 7) is 5.78. The Morgan fingerprint density at radius 2 is 1.93 bits per heavy atom. The number of para-hydroxylation sites is 1. The number of benzene rings is 2. The number of H-pyrrole nitrogens is 1. The molecule has 0 saturated heterocycles. The summed E-state index contributed by atoms with van der Waals surface area (Å²) in [5.74, 6) is 0.808. The van der Waals surface area contributed by atoms with Crippen LogP contribution in [0.25, 0.3) is 10.9 Å². The second-order valence-electron chi connectivity index (χ2n) is 7.04. The van der Waals surface area contributed by atoms with Gasteiger partial charge in [0.25, 0.3) is 0 Å². The second-order valence-corrected chi connectivity index (χ2v) is 7.04. The Morgan fingerprint density at radius 3 is 2.62 bits per heavy atom. The van der Waals surface area contributed by atoms with Crippen molar-refractivity contribution in [3.8, 4) is 5.75 Å². The van der Waals surface area contributed by atoms with Crippen LogP contribution in [-0.2, 0) is 16.0 Å². The van der Waals surface area contributed by atoms with E-state index in [0.717, 1.165) is 28.8 Å². The molecule has 3 aromatic rings. The molecule has 5 nitrogen and oxygen atoms in total. The number of carbonyl (C=O) groups is 1. The van der Waals surface area contributed by atoms with Crippen LogP contribution < -0.4 is 10.1 Å². The lowest BCUT2D eigenvalue weighted by atomic mass is 9.87. The molecule has 5 heteroatoms. The average Bonchev–Trinajstić information content (AvgIpc) is 3.17. The summed E-state index contributed by atoms with van der Waals surface area (Å²) >= 11 is 0. The van der Waals surface area contributed by atoms with Crippen LogP contribution in [0.3, 0.4) is 0 Å². The average molecular weight is 395 g/mol. The maximum absolute atomic E-state index is 12.6. The maximum Gasteiger partial charge on any atom is 0.221 e. The number of hydrogen-bond acceptors (Lipinski definition) is 3. The molecule has 0 saturated carbocycles. The fourth-order valence-electron chi connectivity index (χ4n) is 3.74. The predicted octanol–water partition coefficient (Wildman–Crippen LogP) is 4.41. The van der Waals surface area contributed by atoms with Gasteiger partial charge in [0.15, 0.2) is 0 Å². The van der Waals surface area contributed by atoms with Crippen molar-refractivity contribution in [2.45, 2.75) is 32.6 Å². The molecular weight excluding hydrogens is 364 g/mol. The number of carbonyl (C=O) groups excluding carboxylic acids is 1. The Balaban J connectivity index is 1.95. The third kappa shape index (κ3) is 4.98. The fourth-order valence-corrected chi connectivity index (χ4v) is 3.74. The lowest BCUT2D eigenvalue weighted by molar-refractivity contribution is -0.121. The SMILES string of the molecule is CCOc1ccc([C@@H](CC(=O)NCCOC)c2c[nH]c3c(CC)cccc23)cc1. The van der Waals surface area contributed by atoms with Crippen LogP contribution in [0, 0.1) is 0 Å². The summed E-state index contributed by atoms with van der Waals surface area (Å²) in [5.41, 5.74) is 4.67. The van der Waals surface area contributed by atoms with Crippen molar-refractivity contribution in [1.29, 1.82) is 0 Å². The first kappa shape index (κ1) is 20.9. The molecule has 1 aromatic heterocycles. The first-order valence-corrected chi connectivity index (χ1v) is 10.2. The van der Waals surface area contributed by atoms with Gasteiger partial charge >= 0.3 is 0 Å². The van der Waals surface area contributed by atoms with Crippen molar-refractivity contribution in [2.24, 2.45) is 0 Å². The van der Waals surface area contributed by atoms with Crippen LogP contribution in [0.4, 0.5) is 0 Å². The molecule has 0 aliphatic rings. The summed E-state index contributed by atoms with van der Waals surface area (Å²) in [7, 11) is 1.63.